The van der Waals surface area contributed by atoms with Crippen LogP contribution in [0.5, 0.6) is 10.8 Å². The fraction of sp³-hybridized carbons (Fsp3) is 0.273. The first-order valence-corrected chi connectivity index (χ1v) is 5.39. The predicted molar refractivity (Wildman–Crippen MR) is 59.4 cm³/mol. The molecule has 0 aliphatic carbocycles. The molecule has 0 amide bonds. The van der Waals surface area contributed by atoms with Crippen LogP contribution in [0.2, 0.25) is 0 Å². The molecule has 0 atom stereocenters. The number of aromatic hydroxyl groups is 1. The van der Waals surface area contributed by atoms with E-state index in [4.69, 9.17) is 4.74 Å². The minimum atomic E-state index is 0.397. The second-order valence-corrected chi connectivity index (χ2v) is 4.15. The highest BCUT2D eigenvalue weighted by Gasteiger charge is 2.07. The lowest BCUT2D eigenvalue weighted by atomic mass is 10.2. The zero-order chi connectivity index (χ0) is 10.1. The molecule has 0 radical (unpaired) electrons. The summed E-state index contributed by atoms with van der Waals surface area (Å²) in [7, 11) is 0. The first kappa shape index (κ1) is 9.34. The van der Waals surface area contributed by atoms with Crippen molar-refractivity contribution in [3.8, 4) is 10.8 Å². The van der Waals surface area contributed by atoms with Crippen molar-refractivity contribution in [2.24, 2.45) is 0 Å². The number of hydrogen-bond donors (Lipinski definition) is 1. The summed E-state index contributed by atoms with van der Waals surface area (Å²) in [5.74, 6) is 0.862. The number of aryl methyl sites for hydroxylation is 1. The molecule has 0 unspecified atom stereocenters. The predicted octanol–water partition coefficient (Wildman–Crippen LogP) is 3.31. The van der Waals surface area contributed by atoms with Gasteiger partial charge >= 0.3 is 0 Å². The van der Waals surface area contributed by atoms with Crippen LogP contribution in [0.15, 0.2) is 18.2 Å². The standard InChI is InChI=1S/C11H12O2S/c1-3-13-8-4-5-10-9(6-8)7(2)11(12)14-10/h4-6,12H,3H2,1-2H3. The maximum Gasteiger partial charge on any atom is 0.175 e. The van der Waals surface area contributed by atoms with Crippen LogP contribution in [0.1, 0.15) is 12.5 Å². The molecule has 0 fully saturated rings. The summed E-state index contributed by atoms with van der Waals surface area (Å²) in [6, 6.07) is 5.89. The summed E-state index contributed by atoms with van der Waals surface area (Å²) >= 11 is 1.41. The fourth-order valence-corrected chi connectivity index (χ4v) is 2.37. The third-order valence-corrected chi connectivity index (χ3v) is 3.27. The van der Waals surface area contributed by atoms with E-state index in [1.165, 1.54) is 11.3 Å². The van der Waals surface area contributed by atoms with Crippen molar-refractivity contribution in [2.75, 3.05) is 6.61 Å². The van der Waals surface area contributed by atoms with Crippen LogP contribution in [0, 0.1) is 6.92 Å². The van der Waals surface area contributed by atoms with Gasteiger partial charge in [-0.1, -0.05) is 11.3 Å². The highest BCUT2D eigenvalue weighted by Crippen LogP contribution is 2.37. The van der Waals surface area contributed by atoms with Gasteiger partial charge in [-0.15, -0.1) is 0 Å². The van der Waals surface area contributed by atoms with Gasteiger partial charge in [0.2, 0.25) is 0 Å². The Bertz CT molecular complexity index is 460. The van der Waals surface area contributed by atoms with Gasteiger partial charge in [-0.3, -0.25) is 0 Å². The Hall–Kier alpha value is -1.22. The summed E-state index contributed by atoms with van der Waals surface area (Å²) in [5.41, 5.74) is 0.937. The molecule has 74 valence electrons. The summed E-state index contributed by atoms with van der Waals surface area (Å²) in [4.78, 5) is 0. The zero-order valence-electron chi connectivity index (χ0n) is 8.20. The van der Waals surface area contributed by atoms with E-state index in [2.05, 4.69) is 0 Å². The van der Waals surface area contributed by atoms with Crippen molar-refractivity contribution in [1.82, 2.24) is 0 Å². The van der Waals surface area contributed by atoms with Crippen molar-refractivity contribution >= 4 is 21.4 Å². The highest BCUT2D eigenvalue weighted by molar-refractivity contribution is 7.20. The number of hydrogen-bond acceptors (Lipinski definition) is 3. The molecule has 0 aliphatic rings. The van der Waals surface area contributed by atoms with E-state index in [0.717, 1.165) is 21.4 Å². The molecule has 1 aromatic heterocycles. The normalized spacial score (nSPS) is 10.7. The Morgan fingerprint density at radius 2 is 2.21 bits per heavy atom. The van der Waals surface area contributed by atoms with Crippen molar-refractivity contribution in [1.29, 1.82) is 0 Å². The molecule has 2 rings (SSSR count). The van der Waals surface area contributed by atoms with Gasteiger partial charge in [0.05, 0.1) is 6.61 Å². The molecule has 1 aromatic carbocycles. The molecule has 0 aliphatic heterocycles. The van der Waals surface area contributed by atoms with Crippen molar-refractivity contribution in [2.45, 2.75) is 13.8 Å². The molecule has 0 bridgehead atoms. The van der Waals surface area contributed by atoms with Crippen molar-refractivity contribution < 1.29 is 9.84 Å². The lowest BCUT2D eigenvalue weighted by Gasteiger charge is -2.02. The van der Waals surface area contributed by atoms with Gasteiger partial charge in [0.1, 0.15) is 5.75 Å². The van der Waals surface area contributed by atoms with Crippen LogP contribution in [0.3, 0.4) is 0 Å². The molecule has 1 N–H and O–H groups in total. The molecular weight excluding hydrogens is 196 g/mol. The van der Waals surface area contributed by atoms with Gasteiger partial charge in [0.15, 0.2) is 5.06 Å². The number of benzene rings is 1. The average Bonchev–Trinajstić information content (AvgIpc) is 2.45. The maximum absolute atomic E-state index is 9.54. The van der Waals surface area contributed by atoms with E-state index in [1.807, 2.05) is 32.0 Å². The summed E-state index contributed by atoms with van der Waals surface area (Å²) in [6.45, 7) is 4.55. The molecule has 14 heavy (non-hydrogen) atoms. The molecule has 2 aromatic rings. The van der Waals surface area contributed by atoms with E-state index in [0.29, 0.717) is 11.7 Å². The van der Waals surface area contributed by atoms with Gasteiger partial charge in [0.25, 0.3) is 0 Å². The summed E-state index contributed by atoms with van der Waals surface area (Å²) < 4.78 is 6.50. The summed E-state index contributed by atoms with van der Waals surface area (Å²) in [6.07, 6.45) is 0. The van der Waals surface area contributed by atoms with Gasteiger partial charge in [-0.2, -0.15) is 0 Å². The van der Waals surface area contributed by atoms with Crippen LogP contribution < -0.4 is 4.74 Å². The second kappa shape index (κ2) is 3.50. The topological polar surface area (TPSA) is 29.5 Å². The van der Waals surface area contributed by atoms with Crippen LogP contribution >= 0.6 is 11.3 Å². The van der Waals surface area contributed by atoms with E-state index in [-0.39, 0.29) is 0 Å². The number of thiophene rings is 1. The molecule has 2 nitrogen and oxygen atoms in total. The first-order chi connectivity index (χ1) is 6.72. The SMILES string of the molecule is CCOc1ccc2sc(O)c(C)c2c1. The minimum Gasteiger partial charge on any atom is -0.499 e. The van der Waals surface area contributed by atoms with E-state index in [1.54, 1.807) is 0 Å². The number of rotatable bonds is 2. The zero-order valence-corrected chi connectivity index (χ0v) is 9.02. The van der Waals surface area contributed by atoms with Gasteiger partial charge < -0.3 is 9.84 Å². The Morgan fingerprint density at radius 3 is 2.93 bits per heavy atom. The Kier molecular flexibility index (Phi) is 2.33. The minimum absolute atomic E-state index is 0.397. The third kappa shape index (κ3) is 1.44. The van der Waals surface area contributed by atoms with E-state index >= 15 is 0 Å². The lowest BCUT2D eigenvalue weighted by molar-refractivity contribution is 0.341. The molecular formula is C11H12O2S. The lowest BCUT2D eigenvalue weighted by Crippen LogP contribution is -1.90. The van der Waals surface area contributed by atoms with Gasteiger partial charge in [0, 0.05) is 15.6 Å². The van der Waals surface area contributed by atoms with E-state index in [9.17, 15) is 5.11 Å². The molecule has 1 heterocycles. The molecule has 0 spiro atoms. The van der Waals surface area contributed by atoms with Gasteiger partial charge in [-0.05, 0) is 32.0 Å². The third-order valence-electron chi connectivity index (χ3n) is 2.19. The maximum atomic E-state index is 9.54. The van der Waals surface area contributed by atoms with E-state index < -0.39 is 0 Å². The highest BCUT2D eigenvalue weighted by atomic mass is 32.1. The largest absolute Gasteiger partial charge is 0.499 e. The quantitative estimate of drug-likeness (QED) is 0.820. The average molecular weight is 208 g/mol. The van der Waals surface area contributed by atoms with Crippen molar-refractivity contribution in [3.63, 3.8) is 0 Å². The molecule has 0 saturated heterocycles. The van der Waals surface area contributed by atoms with Crippen LogP contribution in [-0.4, -0.2) is 11.7 Å². The van der Waals surface area contributed by atoms with Crippen LogP contribution in [0.4, 0.5) is 0 Å². The summed E-state index contributed by atoms with van der Waals surface area (Å²) in [5, 5.41) is 11.0. The molecule has 0 saturated carbocycles. The van der Waals surface area contributed by atoms with Crippen LogP contribution in [0.25, 0.3) is 10.1 Å². The number of fused-ring (bicyclic) bond motifs is 1. The Labute approximate surface area is 86.8 Å². The fourth-order valence-electron chi connectivity index (χ4n) is 1.44. The smallest absolute Gasteiger partial charge is 0.175 e. The van der Waals surface area contributed by atoms with Gasteiger partial charge in [-0.25, -0.2) is 0 Å². The van der Waals surface area contributed by atoms with Crippen LogP contribution in [-0.2, 0) is 0 Å². The first-order valence-electron chi connectivity index (χ1n) is 4.57. The molecule has 3 heteroatoms. The second-order valence-electron chi connectivity index (χ2n) is 3.12. The van der Waals surface area contributed by atoms with Crippen molar-refractivity contribution in [3.05, 3.63) is 23.8 Å². The Balaban J connectivity index is 2.58. The monoisotopic (exact) mass is 208 g/mol. The Morgan fingerprint density at radius 1 is 1.43 bits per heavy atom. The number of ether oxygens (including phenoxy) is 1.